The molecule has 622 valence electrons. The molecule has 0 fully saturated rings. The zero-order valence-corrected chi connectivity index (χ0v) is 71.4. The number of carbonyl (C=O) groups is 1. The van der Waals surface area contributed by atoms with Crippen molar-refractivity contribution in [3.8, 4) is 68.6 Å². The smallest absolute Gasteiger partial charge is 0.306 e. The Morgan fingerprint density at radius 1 is 0.287 bits per heavy atom. The zero-order valence-electron chi connectivity index (χ0n) is 69.2. The molecule has 29 heteroatoms. The van der Waals surface area contributed by atoms with E-state index in [-0.39, 0.29) is 11.7 Å². The van der Waals surface area contributed by atoms with Crippen molar-refractivity contribution in [2.45, 2.75) is 128 Å². The van der Waals surface area contributed by atoms with E-state index in [0.717, 1.165) is 146 Å². The summed E-state index contributed by atoms with van der Waals surface area (Å²) in [6, 6.07) is 67.2. The summed E-state index contributed by atoms with van der Waals surface area (Å²) in [5.74, 6) is 1.70. The van der Waals surface area contributed by atoms with Crippen LogP contribution in [0.25, 0.3) is 100 Å². The topological polar surface area (TPSA) is 230 Å². The Labute approximate surface area is 712 Å². The highest BCUT2D eigenvalue weighted by Gasteiger charge is 2.33. The third-order valence-electron chi connectivity index (χ3n) is 22.9. The van der Waals surface area contributed by atoms with Gasteiger partial charge >= 0.3 is 5.97 Å². The molecule has 12 aromatic carbocycles. The summed E-state index contributed by atoms with van der Waals surface area (Å²) >= 11 is 18.1. The highest BCUT2D eigenvalue weighted by Crippen LogP contribution is 2.41. The first kappa shape index (κ1) is 78.1. The lowest BCUT2D eigenvalue weighted by Gasteiger charge is -2.08. The molecule has 0 spiro atoms. The number of aryl methyl sites for hydroxylation is 11. The van der Waals surface area contributed by atoms with Crippen molar-refractivity contribution in [2.24, 2.45) is 0 Å². The first-order chi connectivity index (χ1) is 58.8. The number of aromatic nitrogens is 18. The van der Waals surface area contributed by atoms with Gasteiger partial charge in [-0.05, 0) is 277 Å². The van der Waals surface area contributed by atoms with Crippen molar-refractivity contribution >= 4 is 107 Å². The minimum atomic E-state index is -0.165. The average Bonchev–Trinajstić information content (AvgIpc) is 1.62. The number of fused-ring (bicyclic) bond motifs is 24. The van der Waals surface area contributed by atoms with Crippen LogP contribution in [0.2, 0.25) is 15.1 Å². The van der Waals surface area contributed by atoms with E-state index in [1.807, 2.05) is 317 Å². The van der Waals surface area contributed by atoms with Crippen molar-refractivity contribution < 1.29 is 40.2 Å². The number of aromatic hydroxyl groups is 6. The normalized spacial score (nSPS) is 12.0. The maximum Gasteiger partial charge on any atom is 0.306 e. The number of hydrogen-bond donors (Lipinski definition) is 6. The summed E-state index contributed by atoms with van der Waals surface area (Å²) in [5.41, 5.74) is 29.3. The van der Waals surface area contributed by atoms with Crippen molar-refractivity contribution in [1.29, 1.82) is 0 Å². The van der Waals surface area contributed by atoms with E-state index in [4.69, 9.17) is 39.5 Å². The predicted octanol–water partition coefficient (Wildman–Crippen LogP) is 20.6. The van der Waals surface area contributed by atoms with Crippen LogP contribution in [0.1, 0.15) is 113 Å². The van der Waals surface area contributed by atoms with Crippen LogP contribution in [-0.4, -0.2) is 128 Å². The fourth-order valence-electron chi connectivity index (χ4n) is 16.7. The number of unbranched alkanes of at least 4 members (excludes halogenated alkanes) is 5. The van der Waals surface area contributed by atoms with E-state index in [1.54, 1.807) is 6.07 Å². The fraction of sp³-hybridized carbons (Fsp3) is 0.215. The minimum Gasteiger partial charge on any atom is -0.506 e. The quantitative estimate of drug-likeness (QED) is 0.0402. The standard InChI is InChI=1S/C24H30ClN3O3.2C14H12ClN3O.2C14H13N3O.C13H11N3O/c1-3-4-5-6-7-8-13-31-23(29)12-9-18-14-17(2)24(30)22(15-18)28-26-20-11-10-19(25)16-21(20)27(26)28;2*1-8-5-9(2)14(19)13(6-8)18-16-11-4-3-10(15)7-12(11)17(16)18;2*1-9-7-10(2)14(18)13(8-9)17-15-11-5-3-4-6-12(11)16(15)17;1-9-6-7-13(17)12(8-9)16-14-10-4-2-3-5-11(10)15(14)16/h10-11,14-16,30H,3-9,12-13H2,1-2H3;2*3-7,19H,1-2H3;2*3-8,18H,1-2H3;2-8,17H,1H3. The number of benzene rings is 12. The monoisotopic (exact) mass is 1690 g/mol. The second kappa shape index (κ2) is 29.9. The summed E-state index contributed by atoms with van der Waals surface area (Å²) < 4.78 is 29.5. The molecule has 0 saturated heterocycles. The summed E-state index contributed by atoms with van der Waals surface area (Å²) in [7, 11) is 0. The van der Waals surface area contributed by atoms with Crippen molar-refractivity contribution in [3.63, 3.8) is 0 Å². The molecule has 0 radical (unpaired) electrons. The zero-order chi connectivity index (χ0) is 85.0. The molecular weight excluding hydrogens is 1600 g/mol. The second-order valence-electron chi connectivity index (χ2n) is 32.1. The number of rotatable bonds is 16. The molecule has 12 heterocycles. The van der Waals surface area contributed by atoms with E-state index in [9.17, 15) is 35.4 Å². The number of nitrogens with zero attached hydrogens (tertiary/aromatic N) is 18. The van der Waals surface area contributed by atoms with E-state index < -0.39 is 0 Å². The van der Waals surface area contributed by atoms with E-state index >= 15 is 0 Å². The molecule has 0 unspecified atom stereocenters. The minimum absolute atomic E-state index is 0.165. The van der Waals surface area contributed by atoms with Gasteiger partial charge in [0.15, 0.2) is 0 Å². The summed E-state index contributed by atoms with van der Waals surface area (Å²) in [6.07, 6.45) is 7.95. The van der Waals surface area contributed by atoms with Gasteiger partial charge in [0.1, 0.15) is 135 Å². The number of ether oxygens (including phenoxy) is 1. The van der Waals surface area contributed by atoms with Gasteiger partial charge in [-0.3, -0.25) is 4.79 Å². The first-order valence-electron chi connectivity index (χ1n) is 40.9. The van der Waals surface area contributed by atoms with Crippen molar-refractivity contribution in [3.05, 3.63) is 283 Å². The molecule has 0 atom stereocenters. The Balaban J connectivity index is 0.0000000977. The number of halogens is 3. The number of carbonyl (C=O) groups excluding carboxylic acids is 1. The van der Waals surface area contributed by atoms with Crippen LogP contribution in [0.15, 0.2) is 206 Å². The lowest BCUT2D eigenvalue weighted by molar-refractivity contribution is -0.143. The van der Waals surface area contributed by atoms with E-state index in [1.165, 1.54) is 58.8 Å². The molecule has 6 N–H and O–H groups in total. The Bertz CT molecular complexity index is 7490. The predicted molar refractivity (Wildman–Crippen MR) is 478 cm³/mol. The molecule has 0 amide bonds. The summed E-state index contributed by atoms with van der Waals surface area (Å²) in [4.78, 5) is 23.8. The van der Waals surface area contributed by atoms with Crippen LogP contribution in [0, 0.1) is 69.2 Å². The molecule has 122 heavy (non-hydrogen) atoms. The van der Waals surface area contributed by atoms with Crippen LogP contribution in [0.5, 0.6) is 34.5 Å². The largest absolute Gasteiger partial charge is 0.506 e. The maximum absolute atomic E-state index is 12.1. The molecule has 0 aliphatic rings. The van der Waals surface area contributed by atoms with E-state index in [0.29, 0.717) is 58.9 Å². The average molecular weight is 1700 g/mol. The maximum atomic E-state index is 12.1. The number of hydrogen-bond acceptors (Lipinski definition) is 8. The number of para-hydroxylation sites is 6. The van der Waals surface area contributed by atoms with E-state index in [2.05, 4.69) is 43.3 Å². The van der Waals surface area contributed by atoms with Gasteiger partial charge in [-0.1, -0.05) is 147 Å². The third kappa shape index (κ3) is 13.3. The molecule has 0 bridgehead atoms. The molecule has 12 aromatic heterocycles. The Kier molecular flexibility index (Phi) is 19.1. The molecule has 24 aromatic rings. The second-order valence-corrected chi connectivity index (χ2v) is 33.4. The van der Waals surface area contributed by atoms with Gasteiger partial charge in [0.2, 0.25) is 0 Å². The SMILES string of the molecule is CCCCCCCCOC(=O)CCc1cc(C)c(O)c(-n2n3c4ccc(Cl)cc4n23)c1.Cc1cc(C)c(O)c(-n2n3c4ccc(Cl)cc4n23)c1.Cc1cc(C)c(O)c(-n2n3c4ccc(Cl)cc4n23)c1.Cc1cc(C)c(O)c(-n2n3c4ccccc4n23)c1.Cc1cc(C)c(O)c(-n2n3c4ccccc4n23)c1.Cc1ccc(O)c(-n2n3c4ccccc4n23)c1. The Morgan fingerprint density at radius 3 is 0.885 bits per heavy atom. The van der Waals surface area contributed by atoms with Gasteiger partial charge in [-0.2, -0.15) is 0 Å². The molecular formula is C93H91Cl3N18O8. The highest BCUT2D eigenvalue weighted by molar-refractivity contribution is 6.32. The molecule has 26 nitrogen and oxygen atoms in total. The first-order valence-corrected chi connectivity index (χ1v) is 42.0. The lowest BCUT2D eigenvalue weighted by atomic mass is 10.0. The Hall–Kier alpha value is -13.8. The number of esters is 1. The highest BCUT2D eigenvalue weighted by atomic mass is 35.5. The lowest BCUT2D eigenvalue weighted by Crippen LogP contribution is -2.07. The molecule has 24 rings (SSSR count). The van der Waals surface area contributed by atoms with Crippen LogP contribution >= 0.6 is 34.8 Å². The van der Waals surface area contributed by atoms with Crippen LogP contribution in [0.3, 0.4) is 0 Å². The van der Waals surface area contributed by atoms with Gasteiger partial charge in [-0.25, -0.2) is 0 Å². The summed E-state index contributed by atoms with van der Waals surface area (Å²) in [6.45, 7) is 22.4. The fourth-order valence-corrected chi connectivity index (χ4v) is 17.2. The number of phenols is 6. The van der Waals surface area contributed by atoms with Crippen LogP contribution < -0.4 is 0 Å². The summed E-state index contributed by atoms with van der Waals surface area (Å²) in [5, 5.41) is 63.4. The van der Waals surface area contributed by atoms with Crippen molar-refractivity contribution in [2.75, 3.05) is 6.61 Å². The van der Waals surface area contributed by atoms with Gasteiger partial charge < -0.3 is 35.4 Å². The van der Waals surface area contributed by atoms with Gasteiger partial charge in [0.25, 0.3) is 0 Å². The van der Waals surface area contributed by atoms with Gasteiger partial charge in [0, 0.05) is 21.5 Å². The van der Waals surface area contributed by atoms with Crippen LogP contribution in [0.4, 0.5) is 0 Å². The molecule has 0 aliphatic heterocycles. The number of phenolic OH excluding ortho intramolecular Hbond substituents is 6. The molecule has 0 saturated carbocycles. The van der Waals surface area contributed by atoms with Crippen LogP contribution in [-0.2, 0) is 16.0 Å². The van der Waals surface area contributed by atoms with Gasteiger partial charge in [0.05, 0.1) is 6.61 Å². The molecule has 0 aliphatic carbocycles. The van der Waals surface area contributed by atoms with Gasteiger partial charge in [-0.15, -0.1) is 84.3 Å². The van der Waals surface area contributed by atoms with Crippen molar-refractivity contribution in [1.82, 2.24) is 84.3 Å². The third-order valence-corrected chi connectivity index (χ3v) is 23.6. The Morgan fingerprint density at radius 2 is 0.557 bits per heavy atom.